The first-order valence-corrected chi connectivity index (χ1v) is 7.76. The highest BCUT2D eigenvalue weighted by Gasteiger charge is 2.26. The van der Waals surface area contributed by atoms with Gasteiger partial charge in [-0.3, -0.25) is 0 Å². The van der Waals surface area contributed by atoms with E-state index in [1.54, 1.807) is 0 Å². The van der Waals surface area contributed by atoms with E-state index in [0.717, 1.165) is 17.1 Å². The second-order valence-corrected chi connectivity index (χ2v) is 5.74. The fourth-order valence-electron chi connectivity index (χ4n) is 3.34. The van der Waals surface area contributed by atoms with Crippen LogP contribution in [0.5, 0.6) is 0 Å². The lowest BCUT2D eigenvalue weighted by atomic mass is 10.1. The molecule has 0 saturated heterocycles. The highest BCUT2D eigenvalue weighted by atomic mass is 15.0. The minimum absolute atomic E-state index is 0.982. The summed E-state index contributed by atoms with van der Waals surface area (Å²) in [7, 11) is 0. The molecule has 1 aromatic heterocycles. The number of nitrogens with zero attached hydrogens (tertiary/aromatic N) is 2. The Labute approximate surface area is 134 Å². The molecular weight excluding hydrogens is 280 g/mol. The Morgan fingerprint density at radius 1 is 0.696 bits per heavy atom. The van der Waals surface area contributed by atoms with Crippen LogP contribution in [0.25, 0.3) is 16.6 Å². The Morgan fingerprint density at radius 3 is 2.35 bits per heavy atom. The molecule has 108 valence electrons. The molecule has 0 saturated carbocycles. The summed E-state index contributed by atoms with van der Waals surface area (Å²) in [5, 5.41) is 1.25. The maximum Gasteiger partial charge on any atom is 0.0970 e. The first-order chi connectivity index (χ1) is 11.4. The van der Waals surface area contributed by atoms with Crippen molar-refractivity contribution in [3.05, 3.63) is 96.2 Å². The number of benzene rings is 3. The van der Waals surface area contributed by atoms with Crippen molar-refractivity contribution in [2.45, 2.75) is 0 Å². The molecular formula is C21H14N2. The predicted molar refractivity (Wildman–Crippen MR) is 95.0 cm³/mol. The lowest BCUT2D eigenvalue weighted by molar-refractivity contribution is 1.14. The first-order valence-electron chi connectivity index (χ1n) is 7.76. The Hall–Kier alpha value is -3.13. The van der Waals surface area contributed by atoms with Crippen LogP contribution in [-0.4, -0.2) is 10.3 Å². The zero-order valence-electron chi connectivity index (χ0n) is 12.5. The number of hydrogen-bond donors (Lipinski definition) is 0. The van der Waals surface area contributed by atoms with E-state index < -0.39 is 0 Å². The van der Waals surface area contributed by atoms with E-state index >= 15 is 0 Å². The third-order valence-electron chi connectivity index (χ3n) is 4.35. The van der Waals surface area contributed by atoms with Crippen LogP contribution in [0.15, 0.2) is 89.9 Å². The average Bonchev–Trinajstić information content (AvgIpc) is 3.12. The summed E-state index contributed by atoms with van der Waals surface area (Å²) in [5.41, 5.74) is 6.82. The summed E-state index contributed by atoms with van der Waals surface area (Å²) in [4.78, 5) is 4.93. The van der Waals surface area contributed by atoms with Crippen LogP contribution in [-0.2, 0) is 0 Å². The molecule has 4 aromatic rings. The standard InChI is InChI=1S/C21H14N2/c1-2-9-16(10-3-1)22-21-17-11-5-7-13-19(17)23-18-12-6-4-8-15(18)14-20(21)23/h1-14H. The molecule has 23 heavy (non-hydrogen) atoms. The van der Waals surface area contributed by atoms with Gasteiger partial charge < -0.3 is 4.57 Å². The van der Waals surface area contributed by atoms with Crippen molar-refractivity contribution >= 4 is 22.3 Å². The van der Waals surface area contributed by atoms with Crippen LogP contribution in [0.3, 0.4) is 0 Å². The summed E-state index contributed by atoms with van der Waals surface area (Å²) in [6.07, 6.45) is 0. The number of aromatic nitrogens is 1. The molecule has 2 heterocycles. The molecule has 0 N–H and O–H groups in total. The van der Waals surface area contributed by atoms with Gasteiger partial charge in [-0.05, 0) is 30.3 Å². The predicted octanol–water partition coefficient (Wildman–Crippen LogP) is 5.11. The van der Waals surface area contributed by atoms with Crippen molar-refractivity contribution < 1.29 is 0 Å². The van der Waals surface area contributed by atoms with Gasteiger partial charge in [-0.1, -0.05) is 54.6 Å². The molecule has 2 nitrogen and oxygen atoms in total. The molecule has 3 aromatic carbocycles. The van der Waals surface area contributed by atoms with Gasteiger partial charge in [-0.2, -0.15) is 0 Å². The number of rotatable bonds is 1. The topological polar surface area (TPSA) is 17.3 Å². The van der Waals surface area contributed by atoms with Gasteiger partial charge in [0.05, 0.1) is 28.3 Å². The van der Waals surface area contributed by atoms with Crippen molar-refractivity contribution in [1.29, 1.82) is 0 Å². The molecule has 1 aliphatic heterocycles. The Balaban J connectivity index is 1.86. The molecule has 0 bridgehead atoms. The van der Waals surface area contributed by atoms with E-state index in [2.05, 4.69) is 59.2 Å². The summed E-state index contributed by atoms with van der Waals surface area (Å²) in [5.74, 6) is 0. The molecule has 5 rings (SSSR count). The number of fused-ring (bicyclic) bond motifs is 5. The van der Waals surface area contributed by atoms with Gasteiger partial charge in [0.1, 0.15) is 0 Å². The molecule has 0 aliphatic carbocycles. The van der Waals surface area contributed by atoms with Crippen LogP contribution < -0.4 is 0 Å². The molecule has 0 atom stereocenters. The van der Waals surface area contributed by atoms with Crippen LogP contribution >= 0.6 is 0 Å². The second kappa shape index (κ2) is 4.68. The lowest BCUT2D eigenvalue weighted by Gasteiger charge is -2.03. The molecule has 0 spiro atoms. The Morgan fingerprint density at radius 2 is 1.43 bits per heavy atom. The van der Waals surface area contributed by atoms with Gasteiger partial charge in [0.25, 0.3) is 0 Å². The first kappa shape index (κ1) is 12.4. The normalized spacial score (nSPS) is 14.2. The largest absolute Gasteiger partial charge is 0.307 e. The van der Waals surface area contributed by atoms with Crippen molar-refractivity contribution in [2.75, 3.05) is 0 Å². The van der Waals surface area contributed by atoms with E-state index in [1.165, 1.54) is 22.2 Å². The molecule has 0 radical (unpaired) electrons. The number of aliphatic imine (C=N–C) groups is 1. The summed E-state index contributed by atoms with van der Waals surface area (Å²) < 4.78 is 2.31. The van der Waals surface area contributed by atoms with Gasteiger partial charge in [0.15, 0.2) is 0 Å². The van der Waals surface area contributed by atoms with Crippen LogP contribution in [0.1, 0.15) is 11.3 Å². The number of para-hydroxylation sites is 3. The molecule has 2 heteroatoms. The van der Waals surface area contributed by atoms with Crippen LogP contribution in [0.2, 0.25) is 0 Å². The zero-order valence-corrected chi connectivity index (χ0v) is 12.5. The molecule has 0 unspecified atom stereocenters. The summed E-state index contributed by atoms with van der Waals surface area (Å²) >= 11 is 0. The van der Waals surface area contributed by atoms with Crippen LogP contribution in [0.4, 0.5) is 5.69 Å². The van der Waals surface area contributed by atoms with E-state index in [4.69, 9.17) is 4.99 Å². The zero-order chi connectivity index (χ0) is 15.2. The van der Waals surface area contributed by atoms with Crippen molar-refractivity contribution in [3.63, 3.8) is 0 Å². The number of hydrogen-bond acceptors (Lipinski definition) is 1. The van der Waals surface area contributed by atoms with Gasteiger partial charge in [-0.25, -0.2) is 4.99 Å². The third kappa shape index (κ3) is 1.78. The highest BCUT2D eigenvalue weighted by Crippen LogP contribution is 2.35. The smallest absolute Gasteiger partial charge is 0.0970 e. The fraction of sp³-hybridized carbons (Fsp3) is 0. The van der Waals surface area contributed by atoms with E-state index in [-0.39, 0.29) is 0 Å². The average molecular weight is 294 g/mol. The monoisotopic (exact) mass is 294 g/mol. The molecule has 1 aliphatic rings. The quantitative estimate of drug-likeness (QED) is 0.408. The minimum atomic E-state index is 0.982. The van der Waals surface area contributed by atoms with E-state index in [9.17, 15) is 0 Å². The SMILES string of the molecule is c1ccc(N=C2c3ccccc3-n3c2cc2ccccc23)cc1. The fourth-order valence-corrected chi connectivity index (χ4v) is 3.34. The maximum absolute atomic E-state index is 4.93. The lowest BCUT2D eigenvalue weighted by Crippen LogP contribution is -1.97. The van der Waals surface area contributed by atoms with Crippen molar-refractivity contribution in [3.8, 4) is 5.69 Å². The van der Waals surface area contributed by atoms with Gasteiger partial charge in [-0.15, -0.1) is 0 Å². The van der Waals surface area contributed by atoms with Gasteiger partial charge >= 0.3 is 0 Å². The van der Waals surface area contributed by atoms with Crippen molar-refractivity contribution in [1.82, 2.24) is 4.57 Å². The summed E-state index contributed by atoms with van der Waals surface area (Å²) in [6.45, 7) is 0. The minimum Gasteiger partial charge on any atom is -0.307 e. The highest BCUT2D eigenvalue weighted by molar-refractivity contribution is 6.20. The van der Waals surface area contributed by atoms with Crippen LogP contribution in [0, 0.1) is 0 Å². The Bertz CT molecular complexity index is 1060. The van der Waals surface area contributed by atoms with Crippen molar-refractivity contribution in [2.24, 2.45) is 4.99 Å². The van der Waals surface area contributed by atoms with E-state index in [1.807, 2.05) is 30.3 Å². The summed E-state index contributed by atoms with van der Waals surface area (Å²) in [6, 6.07) is 29.4. The third-order valence-corrected chi connectivity index (χ3v) is 4.35. The van der Waals surface area contributed by atoms with Gasteiger partial charge in [0.2, 0.25) is 0 Å². The maximum atomic E-state index is 4.93. The Kier molecular flexibility index (Phi) is 2.53. The molecule has 0 fully saturated rings. The van der Waals surface area contributed by atoms with E-state index in [0.29, 0.717) is 0 Å². The van der Waals surface area contributed by atoms with Gasteiger partial charge in [0, 0.05) is 10.9 Å². The second-order valence-electron chi connectivity index (χ2n) is 5.74. The molecule has 0 amide bonds.